The molecule has 4 aromatic rings. The molecule has 2 aromatic heterocycles. The zero-order valence-corrected chi connectivity index (χ0v) is 20.1. The fraction of sp³-hybridized carbons (Fsp3) is 0.231. The number of likely N-dealkylation sites (tertiary alicyclic amines) is 1. The van der Waals surface area contributed by atoms with E-state index < -0.39 is 5.97 Å². The van der Waals surface area contributed by atoms with Gasteiger partial charge in [-0.05, 0) is 62.3 Å². The first-order chi connectivity index (χ1) is 16.0. The SMILES string of the molecule is O=C(O)c1cc(-c2c[nH]c3ccc(Br)cc23)nc2cc(Cl)c(C#CCN3CCCCC3)cc12. The lowest BCUT2D eigenvalue weighted by atomic mass is 10.0. The zero-order chi connectivity index (χ0) is 22.9. The summed E-state index contributed by atoms with van der Waals surface area (Å²) < 4.78 is 0.936. The van der Waals surface area contributed by atoms with Crippen molar-refractivity contribution in [2.45, 2.75) is 19.3 Å². The van der Waals surface area contributed by atoms with Crippen LogP contribution in [0.1, 0.15) is 35.2 Å². The van der Waals surface area contributed by atoms with E-state index in [2.05, 4.69) is 37.7 Å². The Hall–Kier alpha value is -2.85. The normalized spacial score (nSPS) is 14.4. The minimum absolute atomic E-state index is 0.176. The van der Waals surface area contributed by atoms with Gasteiger partial charge >= 0.3 is 5.97 Å². The molecule has 0 atom stereocenters. The molecule has 1 aliphatic heterocycles. The van der Waals surface area contributed by atoms with Gasteiger partial charge in [0.25, 0.3) is 0 Å². The third-order valence-electron chi connectivity index (χ3n) is 6.02. The number of rotatable bonds is 3. The lowest BCUT2D eigenvalue weighted by molar-refractivity contribution is 0.0699. The highest BCUT2D eigenvalue weighted by Gasteiger charge is 2.17. The number of nitrogens with one attached hydrogen (secondary N) is 1. The van der Waals surface area contributed by atoms with Gasteiger partial charge in [-0.2, -0.15) is 0 Å². The Kier molecular flexibility index (Phi) is 6.11. The number of H-pyrrole nitrogens is 1. The molecule has 1 saturated heterocycles. The largest absolute Gasteiger partial charge is 0.478 e. The Morgan fingerprint density at radius 2 is 1.97 bits per heavy atom. The number of hydrogen-bond donors (Lipinski definition) is 2. The number of aromatic nitrogens is 2. The number of nitrogens with zero attached hydrogens (tertiary/aromatic N) is 2. The van der Waals surface area contributed by atoms with Gasteiger partial charge in [0.1, 0.15) is 0 Å². The van der Waals surface area contributed by atoms with E-state index in [4.69, 9.17) is 16.6 Å². The molecule has 0 spiro atoms. The molecular formula is C26H21BrClN3O2. The van der Waals surface area contributed by atoms with E-state index in [1.165, 1.54) is 19.3 Å². The zero-order valence-electron chi connectivity index (χ0n) is 17.8. The number of pyridine rings is 1. The van der Waals surface area contributed by atoms with Crippen molar-refractivity contribution in [3.8, 4) is 23.1 Å². The predicted octanol–water partition coefficient (Wildman–Crippen LogP) is 6.33. The maximum absolute atomic E-state index is 12.2. The highest BCUT2D eigenvalue weighted by Crippen LogP contribution is 2.33. The fourth-order valence-electron chi connectivity index (χ4n) is 4.33. The van der Waals surface area contributed by atoms with E-state index in [9.17, 15) is 9.90 Å². The number of aromatic carboxylic acids is 1. The minimum atomic E-state index is -1.01. The third kappa shape index (κ3) is 4.49. The second-order valence-corrected chi connectivity index (χ2v) is 9.56. The van der Waals surface area contributed by atoms with Gasteiger partial charge in [-0.1, -0.05) is 45.8 Å². The molecule has 0 bridgehead atoms. The summed E-state index contributed by atoms with van der Waals surface area (Å²) >= 11 is 10.0. The third-order valence-corrected chi connectivity index (χ3v) is 6.83. The Morgan fingerprint density at radius 1 is 1.15 bits per heavy atom. The molecule has 3 heterocycles. The van der Waals surface area contributed by atoms with E-state index in [0.29, 0.717) is 33.7 Å². The summed E-state index contributed by atoms with van der Waals surface area (Å²) in [5, 5.41) is 11.9. The quantitative estimate of drug-likeness (QED) is 0.308. The monoisotopic (exact) mass is 521 g/mol. The van der Waals surface area contributed by atoms with Crippen molar-refractivity contribution in [2.24, 2.45) is 0 Å². The molecular weight excluding hydrogens is 502 g/mol. The summed E-state index contributed by atoms with van der Waals surface area (Å²) in [6.07, 6.45) is 5.55. The lowest BCUT2D eigenvalue weighted by Crippen LogP contribution is -2.29. The number of piperidine rings is 1. The van der Waals surface area contributed by atoms with Crippen molar-refractivity contribution < 1.29 is 9.90 Å². The summed E-state index contributed by atoms with van der Waals surface area (Å²) in [5.41, 5.74) is 3.68. The Labute approximate surface area is 204 Å². The van der Waals surface area contributed by atoms with Gasteiger partial charge in [0.2, 0.25) is 0 Å². The van der Waals surface area contributed by atoms with E-state index in [1.54, 1.807) is 18.2 Å². The van der Waals surface area contributed by atoms with Crippen LogP contribution in [0.15, 0.2) is 47.1 Å². The molecule has 2 aromatic carbocycles. The standard InChI is InChI=1S/C26H21BrClN3O2/c27-17-6-7-23-19(12-17)21(15-29-23)24-13-20(26(32)33)18-11-16(22(28)14-25(18)30-24)5-4-10-31-8-2-1-3-9-31/h6-7,11-15,29H,1-3,8-10H2,(H,32,33). The van der Waals surface area contributed by atoms with Crippen LogP contribution in [0.3, 0.4) is 0 Å². The maximum atomic E-state index is 12.2. The van der Waals surface area contributed by atoms with Crippen LogP contribution in [-0.2, 0) is 0 Å². The highest BCUT2D eigenvalue weighted by atomic mass is 79.9. The molecule has 0 unspecified atom stereocenters. The van der Waals surface area contributed by atoms with Crippen LogP contribution in [-0.4, -0.2) is 45.6 Å². The van der Waals surface area contributed by atoms with Crippen molar-refractivity contribution in [3.63, 3.8) is 0 Å². The van der Waals surface area contributed by atoms with Crippen molar-refractivity contribution in [2.75, 3.05) is 19.6 Å². The van der Waals surface area contributed by atoms with E-state index in [0.717, 1.165) is 34.0 Å². The fourth-order valence-corrected chi connectivity index (χ4v) is 4.89. The molecule has 166 valence electrons. The number of halogens is 2. The van der Waals surface area contributed by atoms with E-state index in [-0.39, 0.29) is 5.56 Å². The molecule has 0 aliphatic carbocycles. The summed E-state index contributed by atoms with van der Waals surface area (Å²) in [7, 11) is 0. The Balaban J connectivity index is 1.57. The van der Waals surface area contributed by atoms with Gasteiger partial charge in [-0.15, -0.1) is 0 Å². The average Bonchev–Trinajstić information content (AvgIpc) is 3.22. The maximum Gasteiger partial charge on any atom is 0.336 e. The molecule has 7 heteroatoms. The number of carbonyl (C=O) groups is 1. The smallest absolute Gasteiger partial charge is 0.336 e. The first-order valence-corrected chi connectivity index (χ1v) is 12.0. The van der Waals surface area contributed by atoms with Crippen LogP contribution in [0.4, 0.5) is 0 Å². The van der Waals surface area contributed by atoms with E-state index in [1.807, 2.05) is 24.4 Å². The van der Waals surface area contributed by atoms with Crippen molar-refractivity contribution in [1.29, 1.82) is 0 Å². The molecule has 5 rings (SSSR count). The van der Waals surface area contributed by atoms with Crippen molar-refractivity contribution in [1.82, 2.24) is 14.9 Å². The first-order valence-electron chi connectivity index (χ1n) is 10.9. The van der Waals surface area contributed by atoms with Gasteiger partial charge in [0.05, 0.1) is 28.3 Å². The molecule has 0 amide bonds. The van der Waals surface area contributed by atoms with Gasteiger partial charge in [-0.25, -0.2) is 9.78 Å². The number of fused-ring (bicyclic) bond motifs is 2. The summed E-state index contributed by atoms with van der Waals surface area (Å²) in [5.74, 6) is 5.32. The number of carboxylic acid groups (broad SMARTS) is 1. The topological polar surface area (TPSA) is 69.2 Å². The van der Waals surface area contributed by atoms with Gasteiger partial charge in [0, 0.05) is 38.1 Å². The minimum Gasteiger partial charge on any atom is -0.478 e. The number of aromatic amines is 1. The molecule has 0 radical (unpaired) electrons. The molecule has 33 heavy (non-hydrogen) atoms. The van der Waals surface area contributed by atoms with Crippen LogP contribution in [0.25, 0.3) is 33.1 Å². The first kappa shape index (κ1) is 22.0. The lowest BCUT2D eigenvalue weighted by Gasteiger charge is -2.23. The molecule has 1 fully saturated rings. The van der Waals surface area contributed by atoms with Crippen LogP contribution >= 0.6 is 27.5 Å². The van der Waals surface area contributed by atoms with Crippen molar-refractivity contribution >= 4 is 55.3 Å². The molecule has 2 N–H and O–H groups in total. The van der Waals surface area contributed by atoms with Crippen LogP contribution < -0.4 is 0 Å². The second-order valence-electron chi connectivity index (χ2n) is 8.24. The van der Waals surface area contributed by atoms with Crippen LogP contribution in [0.2, 0.25) is 5.02 Å². The van der Waals surface area contributed by atoms with Gasteiger partial charge in [0.15, 0.2) is 0 Å². The molecule has 0 saturated carbocycles. The van der Waals surface area contributed by atoms with Crippen molar-refractivity contribution in [3.05, 3.63) is 63.2 Å². The van der Waals surface area contributed by atoms with Gasteiger partial charge in [-0.3, -0.25) is 4.90 Å². The Bertz CT molecular complexity index is 1440. The van der Waals surface area contributed by atoms with Gasteiger partial charge < -0.3 is 10.1 Å². The summed E-state index contributed by atoms with van der Waals surface area (Å²) in [6.45, 7) is 2.83. The predicted molar refractivity (Wildman–Crippen MR) is 136 cm³/mol. The van der Waals surface area contributed by atoms with E-state index >= 15 is 0 Å². The average molecular weight is 523 g/mol. The number of carboxylic acids is 1. The Morgan fingerprint density at radius 3 is 2.76 bits per heavy atom. The van der Waals surface area contributed by atoms with Crippen LogP contribution in [0, 0.1) is 11.8 Å². The van der Waals surface area contributed by atoms with Crippen LogP contribution in [0.5, 0.6) is 0 Å². The molecule has 1 aliphatic rings. The summed E-state index contributed by atoms with van der Waals surface area (Å²) in [6, 6.07) is 11.0. The number of benzene rings is 2. The number of hydrogen-bond acceptors (Lipinski definition) is 3. The highest BCUT2D eigenvalue weighted by molar-refractivity contribution is 9.10. The summed E-state index contributed by atoms with van der Waals surface area (Å²) in [4.78, 5) is 22.5. The molecule has 5 nitrogen and oxygen atoms in total. The second kappa shape index (κ2) is 9.18.